The first-order chi connectivity index (χ1) is 14.5. The first-order valence-corrected chi connectivity index (χ1v) is 10.7. The zero-order valence-corrected chi connectivity index (χ0v) is 17.8. The van der Waals surface area contributed by atoms with Crippen LogP contribution in [-0.4, -0.2) is 39.9 Å². The van der Waals surface area contributed by atoms with E-state index >= 15 is 0 Å². The number of aromatic nitrogens is 2. The minimum absolute atomic E-state index is 0.135. The number of aliphatic hydroxyl groups excluding tert-OH is 1. The summed E-state index contributed by atoms with van der Waals surface area (Å²) in [7, 11) is 0. The summed E-state index contributed by atoms with van der Waals surface area (Å²) in [6.45, 7) is 6.98. The van der Waals surface area contributed by atoms with Crippen LogP contribution in [0.2, 0.25) is 0 Å². The minimum atomic E-state index is -0.221. The molecule has 5 heteroatoms. The fourth-order valence-corrected chi connectivity index (χ4v) is 4.72. The lowest BCUT2D eigenvalue weighted by molar-refractivity contribution is 0.0289. The van der Waals surface area contributed by atoms with E-state index in [-0.39, 0.29) is 17.8 Å². The van der Waals surface area contributed by atoms with Crippen molar-refractivity contribution < 1.29 is 9.50 Å². The molecule has 2 heterocycles. The maximum Gasteiger partial charge on any atom is 0.123 e. The Morgan fingerprint density at radius 2 is 1.97 bits per heavy atom. The maximum atomic E-state index is 13.3. The van der Waals surface area contributed by atoms with Gasteiger partial charge in [0.15, 0.2) is 0 Å². The number of nitrogens with one attached hydrogen (secondary N) is 1. The average molecular weight is 408 g/mol. The summed E-state index contributed by atoms with van der Waals surface area (Å²) in [6.07, 6.45) is 4.70. The predicted octanol–water partition coefficient (Wildman–Crippen LogP) is 4.65. The van der Waals surface area contributed by atoms with E-state index in [1.54, 1.807) is 0 Å². The molecule has 1 aliphatic heterocycles. The molecule has 4 nitrogen and oxygen atoms in total. The number of halogens is 1. The van der Waals surface area contributed by atoms with Crippen molar-refractivity contribution in [2.75, 3.05) is 19.7 Å². The lowest BCUT2D eigenvalue weighted by Crippen LogP contribution is -2.46. The van der Waals surface area contributed by atoms with E-state index in [0.29, 0.717) is 0 Å². The van der Waals surface area contributed by atoms with Crippen molar-refractivity contribution in [3.63, 3.8) is 0 Å². The zero-order chi connectivity index (χ0) is 21.1. The van der Waals surface area contributed by atoms with Crippen molar-refractivity contribution >= 4 is 0 Å². The number of hydrogen-bond acceptors (Lipinski definition) is 3. The van der Waals surface area contributed by atoms with Crippen LogP contribution >= 0.6 is 0 Å². The van der Waals surface area contributed by atoms with Crippen molar-refractivity contribution in [1.29, 1.82) is 0 Å². The van der Waals surface area contributed by atoms with Crippen molar-refractivity contribution in [2.45, 2.75) is 39.7 Å². The first kappa shape index (κ1) is 20.8. The van der Waals surface area contributed by atoms with Gasteiger partial charge in [0.2, 0.25) is 0 Å². The molecule has 0 saturated carbocycles. The van der Waals surface area contributed by atoms with Crippen LogP contribution in [0.25, 0.3) is 11.3 Å². The molecule has 0 unspecified atom stereocenters. The molecule has 1 atom stereocenters. The van der Waals surface area contributed by atoms with Gasteiger partial charge in [0.05, 0.1) is 18.5 Å². The number of aryl methyl sites for hydroxylation is 2. The molecule has 2 aromatic carbocycles. The Kier molecular flexibility index (Phi) is 6.02. The van der Waals surface area contributed by atoms with E-state index in [4.69, 9.17) is 0 Å². The molecule has 0 spiro atoms. The number of likely N-dealkylation sites (tertiary alicyclic amines) is 1. The van der Waals surface area contributed by atoms with Gasteiger partial charge in [0, 0.05) is 29.6 Å². The number of nitrogens with zero attached hydrogens (tertiary/aromatic N) is 2. The Bertz CT molecular complexity index is 998. The lowest BCUT2D eigenvalue weighted by Gasteiger charge is -2.42. The van der Waals surface area contributed by atoms with Gasteiger partial charge >= 0.3 is 0 Å². The largest absolute Gasteiger partial charge is 0.396 e. The zero-order valence-electron chi connectivity index (χ0n) is 17.8. The van der Waals surface area contributed by atoms with E-state index < -0.39 is 0 Å². The number of hydrogen-bond donors (Lipinski definition) is 2. The molecular formula is C25H30FN3O. The van der Waals surface area contributed by atoms with Crippen molar-refractivity contribution in [1.82, 2.24) is 15.1 Å². The van der Waals surface area contributed by atoms with E-state index in [1.807, 2.05) is 18.3 Å². The van der Waals surface area contributed by atoms with Crippen molar-refractivity contribution in [3.8, 4) is 11.3 Å². The van der Waals surface area contributed by atoms with Crippen molar-refractivity contribution in [2.24, 2.45) is 5.41 Å². The maximum absolute atomic E-state index is 13.3. The molecule has 0 bridgehead atoms. The molecule has 0 radical (unpaired) electrons. The molecule has 1 saturated heterocycles. The number of rotatable bonds is 6. The minimum Gasteiger partial charge on any atom is -0.396 e. The smallest absolute Gasteiger partial charge is 0.123 e. The molecule has 158 valence electrons. The molecule has 1 aromatic heterocycles. The number of aromatic amines is 1. The molecule has 3 aromatic rings. The van der Waals surface area contributed by atoms with Crippen LogP contribution in [-0.2, 0) is 13.0 Å². The van der Waals surface area contributed by atoms with Gasteiger partial charge in [-0.2, -0.15) is 5.10 Å². The fraction of sp³-hybridized carbons (Fsp3) is 0.400. The third-order valence-corrected chi connectivity index (χ3v) is 6.34. The average Bonchev–Trinajstić information content (AvgIpc) is 3.19. The topological polar surface area (TPSA) is 52.2 Å². The first-order valence-electron chi connectivity index (χ1n) is 10.7. The van der Waals surface area contributed by atoms with E-state index in [2.05, 4.69) is 47.1 Å². The summed E-state index contributed by atoms with van der Waals surface area (Å²) >= 11 is 0. The molecule has 30 heavy (non-hydrogen) atoms. The Balaban J connectivity index is 1.52. The SMILES string of the molecule is Cc1ccc(C)c(-c2[nH]ncc2CN2CCC[C@@](CO)(Cc3ccc(F)cc3)C2)c1. The standard InChI is InChI=1S/C25H30FN3O/c1-18-4-5-19(2)23(12-18)24-21(14-27-28-24)15-29-11-3-10-25(16-29,17-30)13-20-6-8-22(26)9-7-20/h4-9,12,14,30H,3,10-11,13,15-17H2,1-2H3,(H,27,28)/t25-/m1/s1. The highest BCUT2D eigenvalue weighted by Gasteiger charge is 2.35. The summed E-state index contributed by atoms with van der Waals surface area (Å²) in [6, 6.07) is 13.2. The number of benzene rings is 2. The second kappa shape index (κ2) is 8.70. The normalized spacial score (nSPS) is 19.9. The van der Waals surface area contributed by atoms with Crippen LogP contribution in [0.4, 0.5) is 4.39 Å². The molecule has 0 amide bonds. The second-order valence-electron chi connectivity index (χ2n) is 8.86. The van der Waals surface area contributed by atoms with E-state index in [0.717, 1.165) is 50.2 Å². The van der Waals surface area contributed by atoms with Gasteiger partial charge in [-0.1, -0.05) is 29.8 Å². The Hall–Kier alpha value is -2.50. The van der Waals surface area contributed by atoms with Crippen LogP contribution in [0, 0.1) is 25.1 Å². The second-order valence-corrected chi connectivity index (χ2v) is 8.86. The molecule has 0 aliphatic carbocycles. The van der Waals surface area contributed by atoms with Crippen LogP contribution in [0.5, 0.6) is 0 Å². The number of aliphatic hydroxyl groups is 1. The fourth-order valence-electron chi connectivity index (χ4n) is 4.72. The monoisotopic (exact) mass is 407 g/mol. The Morgan fingerprint density at radius 1 is 1.17 bits per heavy atom. The molecule has 2 N–H and O–H groups in total. The lowest BCUT2D eigenvalue weighted by atomic mass is 9.75. The van der Waals surface area contributed by atoms with Gasteiger partial charge in [-0.3, -0.25) is 10.00 Å². The Labute approximate surface area is 177 Å². The van der Waals surface area contributed by atoms with Gasteiger partial charge in [-0.05, 0) is 69.0 Å². The quantitative estimate of drug-likeness (QED) is 0.625. The predicted molar refractivity (Wildman–Crippen MR) is 118 cm³/mol. The van der Waals surface area contributed by atoms with Crippen LogP contribution < -0.4 is 0 Å². The van der Waals surface area contributed by atoms with Gasteiger partial charge in [-0.15, -0.1) is 0 Å². The van der Waals surface area contributed by atoms with E-state index in [9.17, 15) is 9.50 Å². The van der Waals surface area contributed by atoms with Crippen LogP contribution in [0.3, 0.4) is 0 Å². The number of piperidine rings is 1. The Morgan fingerprint density at radius 3 is 2.73 bits per heavy atom. The molecule has 1 fully saturated rings. The summed E-state index contributed by atoms with van der Waals surface area (Å²) in [5.74, 6) is -0.221. The molecular weight excluding hydrogens is 377 g/mol. The van der Waals surface area contributed by atoms with Crippen LogP contribution in [0.1, 0.15) is 35.1 Å². The van der Waals surface area contributed by atoms with E-state index in [1.165, 1.54) is 34.4 Å². The van der Waals surface area contributed by atoms with Gasteiger partial charge < -0.3 is 5.11 Å². The van der Waals surface area contributed by atoms with Gasteiger partial charge in [0.1, 0.15) is 5.82 Å². The van der Waals surface area contributed by atoms with Gasteiger partial charge in [-0.25, -0.2) is 4.39 Å². The highest BCUT2D eigenvalue weighted by atomic mass is 19.1. The highest BCUT2D eigenvalue weighted by Crippen LogP contribution is 2.35. The summed E-state index contributed by atoms with van der Waals surface area (Å²) in [4.78, 5) is 2.42. The third kappa shape index (κ3) is 4.47. The van der Waals surface area contributed by atoms with Crippen LogP contribution in [0.15, 0.2) is 48.7 Å². The van der Waals surface area contributed by atoms with Crippen molar-refractivity contribution in [3.05, 3.63) is 76.7 Å². The third-order valence-electron chi connectivity index (χ3n) is 6.34. The highest BCUT2D eigenvalue weighted by molar-refractivity contribution is 5.67. The van der Waals surface area contributed by atoms with Gasteiger partial charge in [0.25, 0.3) is 0 Å². The molecule has 1 aliphatic rings. The summed E-state index contributed by atoms with van der Waals surface area (Å²) in [5, 5.41) is 17.8. The summed E-state index contributed by atoms with van der Waals surface area (Å²) in [5.41, 5.74) is 6.79. The number of H-pyrrole nitrogens is 1. The summed E-state index contributed by atoms with van der Waals surface area (Å²) < 4.78 is 13.3. The molecule has 4 rings (SSSR count).